The number of amides is 1. The van der Waals surface area contributed by atoms with Gasteiger partial charge in [0.1, 0.15) is 5.75 Å². The number of nitrogens with zero attached hydrogens (tertiary/aromatic N) is 1. The van der Waals surface area contributed by atoms with Crippen molar-refractivity contribution < 1.29 is 9.90 Å². The van der Waals surface area contributed by atoms with Crippen LogP contribution >= 0.6 is 0 Å². The Morgan fingerprint density at radius 3 is 2.62 bits per heavy atom. The van der Waals surface area contributed by atoms with Gasteiger partial charge < -0.3 is 15.0 Å². The summed E-state index contributed by atoms with van der Waals surface area (Å²) < 4.78 is 1.50. The fourth-order valence-electron chi connectivity index (χ4n) is 3.17. The first-order valence-electron chi connectivity index (χ1n) is 7.89. The van der Waals surface area contributed by atoms with Gasteiger partial charge in [-0.05, 0) is 37.5 Å². The first-order chi connectivity index (χ1) is 11.4. The SMILES string of the molecule is Cc1c(O)c2c(n(C)c1=O)C=C(C(=O)Nc1ccccc1)CC2C. The molecule has 1 atom stereocenters. The average Bonchev–Trinajstić information content (AvgIpc) is 2.58. The highest BCUT2D eigenvalue weighted by molar-refractivity contribution is 6.07. The lowest BCUT2D eigenvalue weighted by Gasteiger charge is -2.25. The maximum absolute atomic E-state index is 12.5. The molecule has 1 heterocycles. The molecule has 0 saturated carbocycles. The van der Waals surface area contributed by atoms with Crippen molar-refractivity contribution in [1.29, 1.82) is 0 Å². The predicted octanol–water partition coefficient (Wildman–Crippen LogP) is 2.93. The summed E-state index contributed by atoms with van der Waals surface area (Å²) in [4.78, 5) is 24.8. The highest BCUT2D eigenvalue weighted by atomic mass is 16.3. The number of anilines is 1. The average molecular weight is 324 g/mol. The van der Waals surface area contributed by atoms with Crippen LogP contribution in [0.15, 0.2) is 40.7 Å². The first kappa shape index (κ1) is 16.1. The summed E-state index contributed by atoms with van der Waals surface area (Å²) in [5.41, 5.74) is 2.73. The second-order valence-corrected chi connectivity index (χ2v) is 6.23. The van der Waals surface area contributed by atoms with Crippen molar-refractivity contribution in [3.8, 4) is 5.75 Å². The van der Waals surface area contributed by atoms with Crippen molar-refractivity contribution in [1.82, 2.24) is 4.57 Å². The zero-order chi connectivity index (χ0) is 17.4. The lowest BCUT2D eigenvalue weighted by atomic mass is 9.84. The maximum Gasteiger partial charge on any atom is 0.257 e. The number of carbonyl (C=O) groups is 1. The molecule has 1 unspecified atom stereocenters. The van der Waals surface area contributed by atoms with Crippen LogP contribution in [-0.4, -0.2) is 15.6 Å². The third-order valence-electron chi connectivity index (χ3n) is 4.53. The Morgan fingerprint density at radius 2 is 1.96 bits per heavy atom. The molecule has 2 aromatic rings. The van der Waals surface area contributed by atoms with E-state index in [1.165, 1.54) is 4.57 Å². The third kappa shape index (κ3) is 2.62. The fraction of sp³-hybridized carbons (Fsp3) is 0.263. The van der Waals surface area contributed by atoms with Crippen LogP contribution in [0.5, 0.6) is 5.75 Å². The number of para-hydroxylation sites is 1. The molecule has 1 aliphatic carbocycles. The van der Waals surface area contributed by atoms with E-state index in [0.717, 1.165) is 11.3 Å². The van der Waals surface area contributed by atoms with Crippen LogP contribution in [0.1, 0.15) is 36.1 Å². The maximum atomic E-state index is 12.5. The Morgan fingerprint density at radius 1 is 1.29 bits per heavy atom. The molecule has 1 amide bonds. The minimum atomic E-state index is -0.251. The van der Waals surface area contributed by atoms with Crippen molar-refractivity contribution in [3.05, 3.63) is 63.1 Å². The zero-order valence-electron chi connectivity index (χ0n) is 14.0. The quantitative estimate of drug-likeness (QED) is 0.892. The van der Waals surface area contributed by atoms with E-state index >= 15 is 0 Å². The third-order valence-corrected chi connectivity index (χ3v) is 4.53. The summed E-state index contributed by atoms with van der Waals surface area (Å²) in [5, 5.41) is 13.2. The predicted molar refractivity (Wildman–Crippen MR) is 94.2 cm³/mol. The topological polar surface area (TPSA) is 71.3 Å². The molecule has 1 aromatic heterocycles. The van der Waals surface area contributed by atoms with Gasteiger partial charge in [-0.15, -0.1) is 0 Å². The number of pyridine rings is 1. The summed E-state index contributed by atoms with van der Waals surface area (Å²) in [6, 6.07) is 9.24. The van der Waals surface area contributed by atoms with Gasteiger partial charge in [-0.2, -0.15) is 0 Å². The van der Waals surface area contributed by atoms with E-state index in [4.69, 9.17) is 0 Å². The van der Waals surface area contributed by atoms with Crippen molar-refractivity contribution in [3.63, 3.8) is 0 Å². The summed E-state index contributed by atoms with van der Waals surface area (Å²) >= 11 is 0. The molecule has 0 bridgehead atoms. The molecule has 0 aliphatic heterocycles. The molecular weight excluding hydrogens is 304 g/mol. The normalized spacial score (nSPS) is 16.3. The number of benzene rings is 1. The van der Waals surface area contributed by atoms with Crippen LogP contribution in [0.2, 0.25) is 0 Å². The van der Waals surface area contributed by atoms with E-state index in [9.17, 15) is 14.7 Å². The van der Waals surface area contributed by atoms with Crippen LogP contribution in [0.4, 0.5) is 5.69 Å². The molecule has 0 fully saturated rings. The molecule has 2 N–H and O–H groups in total. The number of hydrogen-bond donors (Lipinski definition) is 2. The Hall–Kier alpha value is -2.82. The molecular formula is C19H20N2O3. The Bertz CT molecular complexity index is 895. The fourth-order valence-corrected chi connectivity index (χ4v) is 3.17. The van der Waals surface area contributed by atoms with E-state index in [1.54, 1.807) is 20.0 Å². The second-order valence-electron chi connectivity index (χ2n) is 6.23. The molecule has 1 aliphatic rings. The van der Waals surface area contributed by atoms with Gasteiger partial charge >= 0.3 is 0 Å². The van der Waals surface area contributed by atoms with Gasteiger partial charge in [0.15, 0.2) is 0 Å². The van der Waals surface area contributed by atoms with Gasteiger partial charge in [-0.25, -0.2) is 0 Å². The van der Waals surface area contributed by atoms with E-state index in [2.05, 4.69) is 5.32 Å². The summed E-state index contributed by atoms with van der Waals surface area (Å²) in [7, 11) is 1.66. The number of aromatic nitrogens is 1. The summed E-state index contributed by atoms with van der Waals surface area (Å²) in [6.07, 6.45) is 2.21. The molecule has 0 radical (unpaired) electrons. The number of hydrogen-bond acceptors (Lipinski definition) is 3. The van der Waals surface area contributed by atoms with Gasteiger partial charge in [0, 0.05) is 23.9 Å². The molecule has 0 saturated heterocycles. The molecule has 5 nitrogen and oxygen atoms in total. The van der Waals surface area contributed by atoms with Crippen LogP contribution in [0.3, 0.4) is 0 Å². The van der Waals surface area contributed by atoms with E-state index < -0.39 is 0 Å². The smallest absolute Gasteiger partial charge is 0.257 e. The molecule has 5 heteroatoms. The number of aromatic hydroxyl groups is 1. The number of carbonyl (C=O) groups excluding carboxylic acids is 1. The molecule has 24 heavy (non-hydrogen) atoms. The van der Waals surface area contributed by atoms with Crippen LogP contribution in [-0.2, 0) is 11.8 Å². The van der Waals surface area contributed by atoms with Gasteiger partial charge in [0.05, 0.1) is 11.3 Å². The van der Waals surface area contributed by atoms with Gasteiger partial charge in [-0.1, -0.05) is 25.1 Å². The Kier molecular flexibility index (Phi) is 4.01. The van der Waals surface area contributed by atoms with Gasteiger partial charge in [0.25, 0.3) is 11.5 Å². The standard InChI is InChI=1S/C19H20N2O3/c1-11-9-13(18(23)20-14-7-5-4-6-8-14)10-15-16(11)17(22)12(2)19(24)21(15)3/h4-8,10-11,22H,9H2,1-3H3,(H,20,23). The zero-order valence-corrected chi connectivity index (χ0v) is 14.0. The molecule has 1 aromatic carbocycles. The lowest BCUT2D eigenvalue weighted by molar-refractivity contribution is -0.113. The Labute approximate surface area is 140 Å². The second kappa shape index (κ2) is 6.00. The monoisotopic (exact) mass is 324 g/mol. The van der Waals surface area contributed by atoms with Crippen molar-refractivity contribution in [2.24, 2.45) is 7.05 Å². The van der Waals surface area contributed by atoms with Gasteiger partial charge in [-0.3, -0.25) is 9.59 Å². The molecule has 124 valence electrons. The minimum Gasteiger partial charge on any atom is -0.507 e. The minimum absolute atomic E-state index is 0.0411. The van der Waals surface area contributed by atoms with Crippen LogP contribution < -0.4 is 10.9 Å². The van der Waals surface area contributed by atoms with Crippen molar-refractivity contribution >= 4 is 17.7 Å². The van der Waals surface area contributed by atoms with Crippen molar-refractivity contribution in [2.75, 3.05) is 5.32 Å². The van der Waals surface area contributed by atoms with E-state index in [0.29, 0.717) is 23.3 Å². The number of rotatable bonds is 2. The highest BCUT2D eigenvalue weighted by Gasteiger charge is 2.28. The van der Waals surface area contributed by atoms with Crippen LogP contribution in [0, 0.1) is 6.92 Å². The highest BCUT2D eigenvalue weighted by Crippen LogP contribution is 2.39. The van der Waals surface area contributed by atoms with E-state index in [1.807, 2.05) is 37.3 Å². The lowest BCUT2D eigenvalue weighted by Crippen LogP contribution is -2.27. The van der Waals surface area contributed by atoms with E-state index in [-0.39, 0.29) is 23.1 Å². The first-order valence-corrected chi connectivity index (χ1v) is 7.89. The molecule has 0 spiro atoms. The number of fused-ring (bicyclic) bond motifs is 1. The van der Waals surface area contributed by atoms with Crippen molar-refractivity contribution in [2.45, 2.75) is 26.2 Å². The largest absolute Gasteiger partial charge is 0.507 e. The summed E-state index contributed by atoms with van der Waals surface area (Å²) in [5.74, 6) is -0.197. The van der Waals surface area contributed by atoms with Crippen LogP contribution in [0.25, 0.3) is 6.08 Å². The van der Waals surface area contributed by atoms with Gasteiger partial charge in [0.2, 0.25) is 0 Å². The number of nitrogens with one attached hydrogen (secondary N) is 1. The Balaban J connectivity index is 2.03. The molecule has 3 rings (SSSR count). The summed E-state index contributed by atoms with van der Waals surface area (Å²) in [6.45, 7) is 3.57.